The Balaban J connectivity index is 2.04. The molecule has 0 fully saturated rings. The molecule has 0 unspecified atom stereocenters. The number of hydrogen-bond acceptors (Lipinski definition) is 4. The second kappa shape index (κ2) is 6.22. The van der Waals surface area contributed by atoms with Crippen molar-refractivity contribution < 1.29 is 14.6 Å². The third-order valence-corrected chi connectivity index (χ3v) is 4.77. The highest BCUT2D eigenvalue weighted by atomic mass is 35.5. The molecule has 3 rings (SSSR count). The van der Waals surface area contributed by atoms with Gasteiger partial charge in [-0.25, -0.2) is 4.98 Å². The van der Waals surface area contributed by atoms with Gasteiger partial charge < -0.3 is 9.84 Å². The van der Waals surface area contributed by atoms with Crippen molar-refractivity contribution in [2.75, 3.05) is 6.61 Å². The smallest absolute Gasteiger partial charge is 0.308 e. The predicted octanol–water partition coefficient (Wildman–Crippen LogP) is 4.05. The van der Waals surface area contributed by atoms with Gasteiger partial charge in [0.1, 0.15) is 5.75 Å². The number of hydrogen-bond donors (Lipinski definition) is 1. The van der Waals surface area contributed by atoms with Crippen molar-refractivity contribution >= 4 is 33.9 Å². The molecule has 0 radical (unpaired) electrons. The van der Waals surface area contributed by atoms with E-state index in [4.69, 9.17) is 21.4 Å². The molecule has 0 amide bonds. The second-order valence-corrected chi connectivity index (χ2v) is 6.62. The van der Waals surface area contributed by atoms with E-state index in [1.807, 2.05) is 36.6 Å². The molecule has 2 heterocycles. The number of nitrogens with zero attached hydrogens (tertiary/aromatic N) is 2. The van der Waals surface area contributed by atoms with Gasteiger partial charge in [0.25, 0.3) is 0 Å². The van der Waals surface area contributed by atoms with Crippen LogP contribution in [0.2, 0.25) is 5.02 Å². The molecule has 0 saturated carbocycles. The van der Waals surface area contributed by atoms with E-state index in [1.54, 1.807) is 6.20 Å². The number of fused-ring (bicyclic) bond motifs is 1. The fourth-order valence-corrected chi connectivity index (χ4v) is 3.45. The van der Waals surface area contributed by atoms with Crippen LogP contribution in [-0.4, -0.2) is 27.1 Å². The highest BCUT2D eigenvalue weighted by molar-refractivity contribution is 7.17. The molecule has 1 N–H and O–H groups in total. The molecule has 7 heteroatoms. The number of imidazole rings is 1. The van der Waals surface area contributed by atoms with Gasteiger partial charge in [0.15, 0.2) is 4.96 Å². The van der Waals surface area contributed by atoms with E-state index in [-0.39, 0.29) is 6.42 Å². The van der Waals surface area contributed by atoms with Crippen LogP contribution in [0.25, 0.3) is 16.2 Å². The molecule has 0 aliphatic carbocycles. The van der Waals surface area contributed by atoms with E-state index in [1.165, 1.54) is 11.3 Å². The van der Waals surface area contributed by atoms with E-state index in [0.29, 0.717) is 11.6 Å². The monoisotopic (exact) mass is 350 g/mol. The standard InChI is InChI=1S/C16H15ClN2O3S/c1-3-22-14-4-9(2)12(17)6-11(14)13-8-19-7-10(5-15(20)21)23-16(19)18-13/h4,6-8H,3,5H2,1-2H3,(H,20,21). The van der Waals surface area contributed by atoms with Crippen LogP contribution >= 0.6 is 22.9 Å². The molecule has 1 aromatic carbocycles. The molecule has 120 valence electrons. The van der Waals surface area contributed by atoms with Crippen LogP contribution in [0.4, 0.5) is 0 Å². The van der Waals surface area contributed by atoms with Crippen molar-refractivity contribution in [1.29, 1.82) is 0 Å². The number of carbonyl (C=O) groups is 1. The van der Waals surface area contributed by atoms with Crippen LogP contribution < -0.4 is 4.74 Å². The van der Waals surface area contributed by atoms with Gasteiger partial charge in [-0.15, -0.1) is 11.3 Å². The zero-order chi connectivity index (χ0) is 16.6. The molecule has 0 aliphatic heterocycles. The highest BCUT2D eigenvalue weighted by Gasteiger charge is 2.15. The van der Waals surface area contributed by atoms with Crippen molar-refractivity contribution in [3.8, 4) is 17.0 Å². The lowest BCUT2D eigenvalue weighted by atomic mass is 10.1. The first-order chi connectivity index (χ1) is 11.0. The SMILES string of the molecule is CCOc1cc(C)c(Cl)cc1-c1cn2cc(CC(=O)O)sc2n1. The van der Waals surface area contributed by atoms with E-state index in [0.717, 1.165) is 32.4 Å². The van der Waals surface area contributed by atoms with Crippen molar-refractivity contribution in [2.24, 2.45) is 0 Å². The van der Waals surface area contributed by atoms with Crippen molar-refractivity contribution in [1.82, 2.24) is 9.38 Å². The zero-order valence-corrected chi connectivity index (χ0v) is 14.2. The summed E-state index contributed by atoms with van der Waals surface area (Å²) < 4.78 is 7.53. The summed E-state index contributed by atoms with van der Waals surface area (Å²) in [5, 5.41) is 9.52. The number of carboxylic acid groups (broad SMARTS) is 1. The summed E-state index contributed by atoms with van der Waals surface area (Å²) in [4.78, 5) is 16.9. The van der Waals surface area contributed by atoms with E-state index < -0.39 is 5.97 Å². The van der Waals surface area contributed by atoms with Crippen LogP contribution in [-0.2, 0) is 11.2 Å². The number of aryl methyl sites for hydroxylation is 1. The minimum Gasteiger partial charge on any atom is -0.493 e. The van der Waals surface area contributed by atoms with Gasteiger partial charge in [0, 0.05) is 27.9 Å². The Kier molecular flexibility index (Phi) is 4.28. The molecule has 0 bridgehead atoms. The first-order valence-corrected chi connectivity index (χ1v) is 8.30. The third kappa shape index (κ3) is 3.18. The number of ether oxygens (including phenoxy) is 1. The van der Waals surface area contributed by atoms with Gasteiger partial charge in [0.2, 0.25) is 0 Å². The molecule has 0 saturated heterocycles. The lowest BCUT2D eigenvalue weighted by Crippen LogP contribution is -1.97. The maximum absolute atomic E-state index is 10.8. The summed E-state index contributed by atoms with van der Waals surface area (Å²) in [6.07, 6.45) is 3.66. The number of benzene rings is 1. The maximum atomic E-state index is 10.8. The summed E-state index contributed by atoms with van der Waals surface area (Å²) in [6.45, 7) is 4.41. The number of aliphatic carboxylic acids is 1. The lowest BCUT2D eigenvalue weighted by molar-refractivity contribution is -0.136. The van der Waals surface area contributed by atoms with Gasteiger partial charge in [-0.2, -0.15) is 0 Å². The minimum atomic E-state index is -0.848. The minimum absolute atomic E-state index is 0.00388. The van der Waals surface area contributed by atoms with Crippen LogP contribution in [0, 0.1) is 6.92 Å². The van der Waals surface area contributed by atoms with Gasteiger partial charge in [-0.1, -0.05) is 11.6 Å². The molecule has 0 atom stereocenters. The molecular formula is C16H15ClN2O3S. The van der Waals surface area contributed by atoms with Crippen molar-refractivity contribution in [3.05, 3.63) is 40.0 Å². The number of halogens is 1. The molecular weight excluding hydrogens is 336 g/mol. The predicted molar refractivity (Wildman–Crippen MR) is 90.8 cm³/mol. The normalized spacial score (nSPS) is 11.1. The number of carboxylic acids is 1. The molecule has 2 aromatic heterocycles. The average molecular weight is 351 g/mol. The third-order valence-electron chi connectivity index (χ3n) is 3.37. The topological polar surface area (TPSA) is 63.8 Å². The number of rotatable bonds is 5. The summed E-state index contributed by atoms with van der Waals surface area (Å²) >= 11 is 7.60. The van der Waals surface area contributed by atoms with E-state index in [9.17, 15) is 4.79 Å². The largest absolute Gasteiger partial charge is 0.493 e. The Morgan fingerprint density at radius 2 is 2.22 bits per heavy atom. The Hall–Kier alpha value is -2.05. The Bertz CT molecular complexity index is 853. The fraction of sp³-hybridized carbons (Fsp3) is 0.250. The summed E-state index contributed by atoms with van der Waals surface area (Å²) in [6, 6.07) is 3.76. The molecule has 5 nitrogen and oxygen atoms in total. The van der Waals surface area contributed by atoms with Gasteiger partial charge >= 0.3 is 5.97 Å². The first kappa shape index (κ1) is 15.8. The average Bonchev–Trinajstić information content (AvgIpc) is 3.00. The van der Waals surface area contributed by atoms with Gasteiger partial charge in [-0.3, -0.25) is 9.20 Å². The number of thiazole rings is 1. The number of aromatic nitrogens is 2. The molecule has 23 heavy (non-hydrogen) atoms. The van der Waals surface area contributed by atoms with E-state index in [2.05, 4.69) is 4.98 Å². The summed E-state index contributed by atoms with van der Waals surface area (Å²) in [7, 11) is 0. The fourth-order valence-electron chi connectivity index (χ4n) is 2.33. The molecule has 0 aliphatic rings. The summed E-state index contributed by atoms with van der Waals surface area (Å²) in [5.74, 6) is -0.107. The summed E-state index contributed by atoms with van der Waals surface area (Å²) in [5.41, 5.74) is 2.53. The van der Waals surface area contributed by atoms with Gasteiger partial charge in [-0.05, 0) is 31.5 Å². The van der Waals surface area contributed by atoms with Gasteiger partial charge in [0.05, 0.1) is 18.7 Å². The second-order valence-electron chi connectivity index (χ2n) is 5.11. The zero-order valence-electron chi connectivity index (χ0n) is 12.7. The quantitative estimate of drug-likeness (QED) is 0.754. The van der Waals surface area contributed by atoms with Crippen molar-refractivity contribution in [2.45, 2.75) is 20.3 Å². The van der Waals surface area contributed by atoms with Crippen molar-refractivity contribution in [3.63, 3.8) is 0 Å². The maximum Gasteiger partial charge on any atom is 0.308 e. The Labute approximate surface area is 142 Å². The molecule has 3 aromatic rings. The lowest BCUT2D eigenvalue weighted by Gasteiger charge is -2.10. The van der Waals surface area contributed by atoms with Crippen LogP contribution in [0.1, 0.15) is 17.4 Å². The first-order valence-electron chi connectivity index (χ1n) is 7.10. The Morgan fingerprint density at radius 3 is 2.87 bits per heavy atom. The van der Waals surface area contributed by atoms with E-state index >= 15 is 0 Å². The van der Waals surface area contributed by atoms with Crippen LogP contribution in [0.15, 0.2) is 24.5 Å². The highest BCUT2D eigenvalue weighted by Crippen LogP contribution is 2.35. The Morgan fingerprint density at radius 1 is 1.43 bits per heavy atom. The van der Waals surface area contributed by atoms with Crippen LogP contribution in [0.3, 0.4) is 0 Å². The van der Waals surface area contributed by atoms with Crippen LogP contribution in [0.5, 0.6) is 5.75 Å². The molecule has 0 spiro atoms.